The van der Waals surface area contributed by atoms with Gasteiger partial charge in [-0.2, -0.15) is 0 Å². The molecule has 141 heavy (non-hydrogen) atoms. The molecular weight excluding hydrogens is 1720 g/mol. The molecule has 0 radical (unpaired) electrons. The highest BCUT2D eigenvalue weighted by molar-refractivity contribution is 6.17. The summed E-state index contributed by atoms with van der Waals surface area (Å²) in [6, 6.07) is 185. The Morgan fingerprint density at radius 2 is 0.298 bits per heavy atom. The molecule has 7 aromatic heterocycles. The molecule has 0 unspecified atom stereocenters. The van der Waals surface area contributed by atoms with Gasteiger partial charge in [-0.15, -0.1) is 0 Å². The summed E-state index contributed by atoms with van der Waals surface area (Å²) in [6.45, 7) is 0. The number of nitrogens with zero attached hydrogens (tertiary/aromatic N) is 12. The van der Waals surface area contributed by atoms with Gasteiger partial charge < -0.3 is 42.1 Å². The molecule has 7 heterocycles. The lowest BCUT2D eigenvalue weighted by Gasteiger charge is -2.27. The van der Waals surface area contributed by atoms with Crippen LogP contribution in [0, 0.1) is 0 Å². The van der Waals surface area contributed by atoms with E-state index >= 15 is 0 Å². The van der Waals surface area contributed by atoms with E-state index in [1.54, 1.807) is 0 Å². The van der Waals surface area contributed by atoms with Crippen molar-refractivity contribution in [2.75, 3.05) is 14.7 Å². The zero-order valence-corrected chi connectivity index (χ0v) is 76.4. The first kappa shape index (κ1) is 80.3. The fraction of sp³-hybridized carbons (Fsp3) is 0. The molecule has 21 aromatic carbocycles. The molecule has 0 saturated carbocycles. The Balaban J connectivity index is 0.671. The number of hydrogen-bond donors (Lipinski definition) is 0. The monoisotopic (exact) mass is 1800 g/mol. The quantitative estimate of drug-likeness (QED) is 0.0852. The van der Waals surface area contributed by atoms with Crippen molar-refractivity contribution in [3.8, 4) is 68.3 Å². The average Bonchev–Trinajstić information content (AvgIpc) is 1.63. The van der Waals surface area contributed by atoms with Crippen LogP contribution < -0.4 is 14.7 Å². The predicted octanol–water partition coefficient (Wildman–Crippen LogP) is 33.9. The lowest BCUT2D eigenvalue weighted by molar-refractivity contribution is 1.07. The van der Waals surface area contributed by atoms with Gasteiger partial charge in [0.05, 0.1) is 66.2 Å². The van der Waals surface area contributed by atoms with Crippen LogP contribution >= 0.6 is 0 Å². The van der Waals surface area contributed by atoms with E-state index in [-0.39, 0.29) is 0 Å². The minimum Gasteiger partial charge on any atom is -0.310 e. The van der Waals surface area contributed by atoms with Crippen LogP contribution in [-0.2, 0) is 0 Å². The smallest absolute Gasteiger partial charge is 0.164 e. The largest absolute Gasteiger partial charge is 0.310 e. The Kier molecular flexibility index (Phi) is 18.7. The summed E-state index contributed by atoms with van der Waals surface area (Å²) in [4.78, 5) is 24.8. The molecule has 0 spiro atoms. The Bertz CT molecular complexity index is 8940. The normalized spacial score (nSPS) is 11.8. The van der Waals surface area contributed by atoms with Crippen LogP contribution in [0.2, 0.25) is 0 Å². The molecule has 0 aliphatic heterocycles. The maximum atomic E-state index is 5.85. The zero-order valence-electron chi connectivity index (χ0n) is 76.4. The third kappa shape index (κ3) is 13.3. The van der Waals surface area contributed by atoms with Crippen molar-refractivity contribution >= 4 is 182 Å². The highest BCUT2D eigenvalue weighted by atomic mass is 15.2. The highest BCUT2D eigenvalue weighted by Crippen LogP contribution is 2.50. The van der Waals surface area contributed by atoms with Crippen LogP contribution in [0.25, 0.3) is 199 Å². The van der Waals surface area contributed by atoms with Gasteiger partial charge in [-0.1, -0.05) is 273 Å². The summed E-state index contributed by atoms with van der Waals surface area (Å²) in [5.74, 6) is 1.46. The van der Waals surface area contributed by atoms with E-state index in [1.807, 2.05) is 0 Å². The molecule has 28 rings (SSSR count). The molecule has 660 valence electrons. The summed E-state index contributed by atoms with van der Waals surface area (Å²) in [5.41, 5.74) is 30.7. The maximum Gasteiger partial charge on any atom is 0.164 e. The molecule has 0 amide bonds. The van der Waals surface area contributed by atoms with Crippen LogP contribution in [0.5, 0.6) is 0 Å². The lowest BCUT2D eigenvalue weighted by Crippen LogP contribution is -2.11. The van der Waals surface area contributed by atoms with Crippen LogP contribution in [0.15, 0.2) is 510 Å². The van der Waals surface area contributed by atoms with Gasteiger partial charge >= 0.3 is 0 Å². The maximum absolute atomic E-state index is 5.85. The van der Waals surface area contributed by atoms with E-state index in [1.165, 1.54) is 16.2 Å². The third-order valence-corrected chi connectivity index (χ3v) is 28.3. The number of anilines is 9. The van der Waals surface area contributed by atoms with Crippen molar-refractivity contribution in [1.29, 1.82) is 0 Å². The van der Waals surface area contributed by atoms with Crippen molar-refractivity contribution in [2.24, 2.45) is 0 Å². The molecule has 0 atom stereocenters. The second-order valence-electron chi connectivity index (χ2n) is 36.3. The number of benzene rings is 21. The van der Waals surface area contributed by atoms with Gasteiger partial charge in [-0.25, -0.2) is 15.0 Å². The minimum atomic E-state index is 0.487. The molecule has 28 aromatic rings. The van der Waals surface area contributed by atoms with E-state index in [0.29, 0.717) is 17.5 Å². The average molecular weight is 1800 g/mol. The van der Waals surface area contributed by atoms with Gasteiger partial charge in [-0.05, 0) is 237 Å². The van der Waals surface area contributed by atoms with Gasteiger partial charge in [-0.3, -0.25) is 0 Å². The number of rotatable bonds is 18. The van der Waals surface area contributed by atoms with Crippen LogP contribution in [0.1, 0.15) is 0 Å². The number of para-hydroxylation sites is 12. The molecule has 12 heteroatoms. The second kappa shape index (κ2) is 32.8. The van der Waals surface area contributed by atoms with Crippen molar-refractivity contribution in [3.05, 3.63) is 510 Å². The molecule has 0 fully saturated rings. The third-order valence-electron chi connectivity index (χ3n) is 28.3. The van der Waals surface area contributed by atoms with Crippen molar-refractivity contribution in [3.63, 3.8) is 0 Å². The van der Waals surface area contributed by atoms with E-state index in [2.05, 4.69) is 552 Å². The van der Waals surface area contributed by atoms with Crippen LogP contribution in [0.3, 0.4) is 0 Å². The van der Waals surface area contributed by atoms with Gasteiger partial charge in [0.2, 0.25) is 0 Å². The molecule has 0 aliphatic rings. The topological polar surface area (TPSA) is 78.0 Å². The van der Waals surface area contributed by atoms with Gasteiger partial charge in [0, 0.05) is 167 Å². The summed E-state index contributed by atoms with van der Waals surface area (Å²) >= 11 is 0. The number of hydrogen-bond acceptors (Lipinski definition) is 6. The summed E-state index contributed by atoms with van der Waals surface area (Å²) in [7, 11) is 0. The van der Waals surface area contributed by atoms with E-state index in [4.69, 9.17) is 15.0 Å². The Hall–Kier alpha value is -19.2. The molecule has 0 bridgehead atoms. The van der Waals surface area contributed by atoms with Crippen molar-refractivity contribution in [1.82, 2.24) is 42.4 Å². The van der Waals surface area contributed by atoms with E-state index in [0.717, 1.165) is 217 Å². The Morgan fingerprint density at radius 3 is 0.539 bits per heavy atom. The fourth-order valence-electron chi connectivity index (χ4n) is 22.2. The molecule has 0 aliphatic carbocycles. The van der Waals surface area contributed by atoms with Gasteiger partial charge in [0.15, 0.2) is 17.5 Å². The summed E-state index contributed by atoms with van der Waals surface area (Å²) < 4.78 is 14.4. The highest BCUT2D eigenvalue weighted by Gasteiger charge is 2.28. The first-order valence-electron chi connectivity index (χ1n) is 47.9. The second-order valence-corrected chi connectivity index (χ2v) is 36.3. The van der Waals surface area contributed by atoms with Crippen LogP contribution in [-0.4, -0.2) is 42.4 Å². The molecule has 0 N–H and O–H groups in total. The first-order valence-corrected chi connectivity index (χ1v) is 47.9. The lowest BCUT2D eigenvalue weighted by atomic mass is 10.1. The predicted molar refractivity (Wildman–Crippen MR) is 586 cm³/mol. The van der Waals surface area contributed by atoms with Gasteiger partial charge in [0.25, 0.3) is 0 Å². The first-order chi connectivity index (χ1) is 69.9. The molecular formula is C129H84N12. The van der Waals surface area contributed by atoms with Crippen molar-refractivity contribution in [2.45, 2.75) is 0 Å². The number of aromatic nitrogens is 9. The number of fused-ring (bicyclic) bond motifs is 18. The Morgan fingerprint density at radius 1 is 0.121 bits per heavy atom. The van der Waals surface area contributed by atoms with E-state index < -0.39 is 0 Å². The minimum absolute atomic E-state index is 0.487. The summed E-state index contributed by atoms with van der Waals surface area (Å²) in [5, 5.41) is 13.8. The fourth-order valence-corrected chi connectivity index (χ4v) is 22.2. The SMILES string of the molecule is c1ccc(-n2c3ccccc3c3cc(N(c4cccc(-c5nc(-c6cccc(N(c7ccc8c(c7)c7ccccc7n8-c7ccccc7)c7ccc8c9ccccc9n(-c9ccccc9)c8c7)c6)nc(-c6cccc(N(c7ccc8c(c7)c7ccccc7n8-c7ccccc7)c7ccc8c9ccccc9n(-c9ccccc9)c8c7)c6)n5)c4)c4ccc5c6ccccc6n(-c6ccccc6)c5c4)ccc32)cc1. The van der Waals surface area contributed by atoms with Crippen LogP contribution in [0.4, 0.5) is 51.2 Å². The standard InChI is InChI=1S/C129H84N12/c1-7-37-88(38-8-1)136-118-61-28-22-55-106(118)112-79-97(67-73-121(112)136)133(100-64-70-109-103-52-19-25-58-115(103)139(124(109)82-100)91-43-13-4-14-44-91)94-49-31-34-85(76-94)127-130-128(86-35-32-50-95(77-86)134(98-68-74-122-113(80-98)107-56-23-29-62-119(107)137(122)89-39-9-2-10-40-89)101-65-71-110-104-53-20-26-59-116(104)140(125(110)83-101)92-45-15-5-16-46-92)132-129(131-127)87-36-33-51-96(78-87)135(99-69-75-123-114(81-99)108-57-24-30-63-120(108)138(123)90-41-11-3-12-42-90)102-66-72-111-105-54-21-27-60-117(105)141(126(111)84-102)93-47-17-6-18-48-93/h1-84H. The zero-order chi connectivity index (χ0) is 92.7. The Labute approximate surface area is 811 Å². The molecule has 0 saturated heterocycles. The van der Waals surface area contributed by atoms with Gasteiger partial charge in [0.1, 0.15) is 0 Å². The van der Waals surface area contributed by atoms with E-state index in [9.17, 15) is 0 Å². The molecule has 12 nitrogen and oxygen atoms in total. The van der Waals surface area contributed by atoms with Crippen molar-refractivity contribution < 1.29 is 0 Å². The summed E-state index contributed by atoms with van der Waals surface area (Å²) in [6.07, 6.45) is 0.